The number of hydrogen-bond donors (Lipinski definition) is 2. The van der Waals surface area contributed by atoms with Crippen molar-refractivity contribution in [3.8, 4) is 0 Å². The van der Waals surface area contributed by atoms with Crippen LogP contribution in [0.15, 0.2) is 0 Å². The van der Waals surface area contributed by atoms with Crippen molar-refractivity contribution >= 4 is 8.30 Å². The average molecular weight is 149 g/mol. The Kier molecular flexibility index (Phi) is 4.37. The maximum absolute atomic E-state index is 9.25. The summed E-state index contributed by atoms with van der Waals surface area (Å²) in [5.41, 5.74) is 0.363. The van der Waals surface area contributed by atoms with E-state index in [-0.39, 0.29) is 0 Å². The molecule has 0 saturated heterocycles. The molecule has 56 valence electrons. The van der Waals surface area contributed by atoms with Gasteiger partial charge in [0.25, 0.3) is 0 Å². The lowest BCUT2D eigenvalue weighted by Gasteiger charge is -2.17. The lowest BCUT2D eigenvalue weighted by Crippen LogP contribution is -2.19. The molecule has 0 spiro atoms. The summed E-state index contributed by atoms with van der Waals surface area (Å²) in [5, 5.41) is 3.06. The van der Waals surface area contributed by atoms with Crippen LogP contribution in [0.5, 0.6) is 0 Å². The van der Waals surface area contributed by atoms with Gasteiger partial charge in [0.2, 0.25) is 0 Å². The minimum atomic E-state index is -0.929. The highest BCUT2D eigenvalue weighted by molar-refractivity contribution is 7.50. The Labute approximate surface area is 58.6 Å². The Balaban J connectivity index is 3.38. The quantitative estimate of drug-likeness (QED) is 0.598. The molecule has 3 heteroatoms. The molecule has 0 aromatic rings. The second-order valence-corrected chi connectivity index (χ2v) is 4.70. The summed E-state index contributed by atoms with van der Waals surface area (Å²) in [4.78, 5) is 9.25. The molecule has 0 aliphatic heterocycles. The van der Waals surface area contributed by atoms with Crippen LogP contribution in [0.25, 0.3) is 0 Å². The Morgan fingerprint density at radius 1 is 1.22 bits per heavy atom. The molecule has 1 unspecified atom stereocenters. The van der Waals surface area contributed by atoms with Crippen molar-refractivity contribution in [3.63, 3.8) is 0 Å². The van der Waals surface area contributed by atoms with E-state index in [2.05, 4.69) is 5.09 Å². The zero-order valence-corrected chi connectivity index (χ0v) is 7.44. The Hall–Kier alpha value is 0.350. The molecular formula is C6H16NOP. The van der Waals surface area contributed by atoms with Gasteiger partial charge in [0.1, 0.15) is 8.30 Å². The van der Waals surface area contributed by atoms with E-state index in [0.717, 1.165) is 0 Å². The van der Waals surface area contributed by atoms with E-state index in [1.807, 2.05) is 27.7 Å². The first-order chi connectivity index (χ1) is 4.04. The van der Waals surface area contributed by atoms with Crippen molar-refractivity contribution in [2.45, 2.75) is 39.4 Å². The highest BCUT2D eigenvalue weighted by Gasteiger charge is 2.08. The molecule has 0 rings (SSSR count). The van der Waals surface area contributed by atoms with E-state index < -0.39 is 8.30 Å². The van der Waals surface area contributed by atoms with E-state index in [1.54, 1.807) is 0 Å². The van der Waals surface area contributed by atoms with Crippen LogP contribution in [0.3, 0.4) is 0 Å². The fraction of sp³-hybridized carbons (Fsp3) is 1.00. The number of nitrogens with one attached hydrogen (secondary N) is 1. The van der Waals surface area contributed by atoms with Gasteiger partial charge in [-0.2, -0.15) is 0 Å². The van der Waals surface area contributed by atoms with Crippen LogP contribution in [0, 0.1) is 0 Å². The fourth-order valence-electron chi connectivity index (χ4n) is 0.414. The molecule has 0 aliphatic carbocycles. The maximum atomic E-state index is 9.25. The van der Waals surface area contributed by atoms with Gasteiger partial charge in [-0.1, -0.05) is 13.8 Å². The summed E-state index contributed by atoms with van der Waals surface area (Å²) in [7, 11) is -0.929. The van der Waals surface area contributed by atoms with Gasteiger partial charge in [-0.25, -0.2) is 0 Å². The van der Waals surface area contributed by atoms with E-state index in [4.69, 9.17) is 0 Å². The summed E-state index contributed by atoms with van der Waals surface area (Å²) < 4.78 is 0. The number of rotatable bonds is 3. The molecule has 0 amide bonds. The summed E-state index contributed by atoms with van der Waals surface area (Å²) in [6, 6.07) is 0.392. The molecule has 0 saturated carbocycles. The van der Waals surface area contributed by atoms with Gasteiger partial charge in [-0.15, -0.1) is 0 Å². The zero-order chi connectivity index (χ0) is 7.44. The molecule has 2 nitrogen and oxygen atoms in total. The van der Waals surface area contributed by atoms with Crippen LogP contribution >= 0.6 is 8.30 Å². The summed E-state index contributed by atoms with van der Waals surface area (Å²) in [6.45, 7) is 8.10. The molecule has 0 aromatic carbocycles. The van der Waals surface area contributed by atoms with Gasteiger partial charge in [0.05, 0.1) is 0 Å². The second-order valence-electron chi connectivity index (χ2n) is 2.72. The summed E-state index contributed by atoms with van der Waals surface area (Å²) in [6.07, 6.45) is 0. The van der Waals surface area contributed by atoms with Gasteiger partial charge < -0.3 is 4.89 Å². The van der Waals surface area contributed by atoms with Crippen LogP contribution in [0.1, 0.15) is 27.7 Å². The molecule has 0 radical (unpaired) electrons. The lowest BCUT2D eigenvalue weighted by molar-refractivity contribution is 0.576. The maximum Gasteiger partial charge on any atom is 0.101 e. The van der Waals surface area contributed by atoms with Crippen molar-refractivity contribution in [2.24, 2.45) is 0 Å². The van der Waals surface area contributed by atoms with E-state index in [0.29, 0.717) is 11.7 Å². The average Bonchev–Trinajstić information content (AvgIpc) is 1.63. The van der Waals surface area contributed by atoms with E-state index in [1.165, 1.54) is 0 Å². The summed E-state index contributed by atoms with van der Waals surface area (Å²) >= 11 is 0. The van der Waals surface area contributed by atoms with Crippen molar-refractivity contribution in [3.05, 3.63) is 0 Å². The normalized spacial score (nSPS) is 15.0. The fourth-order valence-corrected chi connectivity index (χ4v) is 1.24. The molecule has 0 bridgehead atoms. The Morgan fingerprint density at radius 3 is 1.78 bits per heavy atom. The SMILES string of the molecule is CC(C)NP(O)C(C)C. The highest BCUT2D eigenvalue weighted by atomic mass is 31.2. The van der Waals surface area contributed by atoms with Crippen LogP contribution in [0.4, 0.5) is 0 Å². The van der Waals surface area contributed by atoms with Crippen molar-refractivity contribution in [1.82, 2.24) is 5.09 Å². The molecular weight excluding hydrogens is 133 g/mol. The van der Waals surface area contributed by atoms with Gasteiger partial charge in [0, 0.05) is 11.7 Å². The largest absolute Gasteiger partial charge is 0.359 e. The summed E-state index contributed by atoms with van der Waals surface area (Å²) in [5.74, 6) is 0. The predicted octanol–water partition coefficient (Wildman–Crippen LogP) is 1.70. The van der Waals surface area contributed by atoms with E-state index >= 15 is 0 Å². The topological polar surface area (TPSA) is 32.3 Å². The molecule has 1 atom stereocenters. The Morgan fingerprint density at radius 2 is 1.67 bits per heavy atom. The minimum absolute atomic E-state index is 0.363. The molecule has 0 fully saturated rings. The van der Waals surface area contributed by atoms with Gasteiger partial charge >= 0.3 is 0 Å². The van der Waals surface area contributed by atoms with Crippen molar-refractivity contribution < 1.29 is 4.89 Å². The molecule has 0 aromatic heterocycles. The first-order valence-electron chi connectivity index (χ1n) is 3.28. The van der Waals surface area contributed by atoms with Crippen LogP contribution in [0.2, 0.25) is 0 Å². The first-order valence-corrected chi connectivity index (χ1v) is 4.64. The molecule has 0 aliphatic rings. The van der Waals surface area contributed by atoms with Gasteiger partial charge in [0.15, 0.2) is 0 Å². The van der Waals surface area contributed by atoms with Crippen LogP contribution in [-0.2, 0) is 0 Å². The van der Waals surface area contributed by atoms with Gasteiger partial charge in [-0.05, 0) is 13.8 Å². The zero-order valence-electron chi connectivity index (χ0n) is 6.55. The third-order valence-electron chi connectivity index (χ3n) is 0.880. The minimum Gasteiger partial charge on any atom is -0.359 e. The van der Waals surface area contributed by atoms with Crippen LogP contribution in [-0.4, -0.2) is 16.6 Å². The van der Waals surface area contributed by atoms with Crippen LogP contribution < -0.4 is 5.09 Å². The number of hydrogen-bond acceptors (Lipinski definition) is 2. The molecule has 2 N–H and O–H groups in total. The first kappa shape index (κ1) is 9.35. The Bertz CT molecular complexity index is 75.5. The standard InChI is InChI=1S/C6H16NOP/c1-5(2)7-9(8)6(3)4/h5-8H,1-4H3. The molecule has 0 heterocycles. The van der Waals surface area contributed by atoms with Crippen molar-refractivity contribution in [1.29, 1.82) is 0 Å². The predicted molar refractivity (Wildman–Crippen MR) is 42.5 cm³/mol. The lowest BCUT2D eigenvalue weighted by atomic mass is 10.4. The third-order valence-corrected chi connectivity index (χ3v) is 2.64. The highest BCUT2D eigenvalue weighted by Crippen LogP contribution is 2.30. The van der Waals surface area contributed by atoms with E-state index in [9.17, 15) is 4.89 Å². The second kappa shape index (κ2) is 4.21. The third kappa shape index (κ3) is 4.83. The van der Waals surface area contributed by atoms with Gasteiger partial charge in [-0.3, -0.25) is 5.09 Å². The monoisotopic (exact) mass is 149 g/mol. The van der Waals surface area contributed by atoms with Crippen molar-refractivity contribution in [2.75, 3.05) is 0 Å². The smallest absolute Gasteiger partial charge is 0.101 e. The molecule has 9 heavy (non-hydrogen) atoms.